The number of esters is 1. The Bertz CT molecular complexity index is 443. The number of methoxy groups -OCH3 is 1. The minimum atomic E-state index is -0.898. The summed E-state index contributed by atoms with van der Waals surface area (Å²) in [6, 6.07) is 5.18. The van der Waals surface area contributed by atoms with E-state index < -0.39 is 10.8 Å². The van der Waals surface area contributed by atoms with E-state index in [0.29, 0.717) is 11.3 Å². The Hall–Kier alpha value is -0.680. The van der Waals surface area contributed by atoms with Crippen LogP contribution in [-0.2, 0) is 21.3 Å². The van der Waals surface area contributed by atoms with Gasteiger partial charge in [0.2, 0.25) is 0 Å². The Morgan fingerprint density at radius 2 is 2.12 bits per heavy atom. The average Bonchev–Trinajstić information content (AvgIpc) is 2.30. The first-order chi connectivity index (χ1) is 7.95. The van der Waals surface area contributed by atoms with Gasteiger partial charge in [-0.2, -0.15) is 0 Å². The molecule has 1 atom stereocenters. The minimum Gasteiger partial charge on any atom is -0.465 e. The highest BCUT2D eigenvalue weighted by Crippen LogP contribution is 2.21. The van der Waals surface area contributed by atoms with Gasteiger partial charge in [-0.1, -0.05) is 35.8 Å². The lowest BCUT2D eigenvalue weighted by atomic mass is 10.1. The second-order valence-corrected chi connectivity index (χ2v) is 6.72. The molecule has 0 spiro atoms. The van der Waals surface area contributed by atoms with E-state index in [1.165, 1.54) is 7.11 Å². The van der Waals surface area contributed by atoms with Crippen LogP contribution in [0, 0.1) is 0 Å². The molecule has 0 heterocycles. The van der Waals surface area contributed by atoms with Crippen LogP contribution in [0.5, 0.6) is 0 Å². The summed E-state index contributed by atoms with van der Waals surface area (Å²) in [5.74, 6) is 0.113. The monoisotopic (exact) mass is 318 g/mol. The number of halogens is 1. The fraction of sp³-hybridized carbons (Fsp3) is 0.417. The summed E-state index contributed by atoms with van der Waals surface area (Å²) in [6.07, 6.45) is 0. The highest BCUT2D eigenvalue weighted by atomic mass is 79.9. The van der Waals surface area contributed by atoms with Crippen LogP contribution in [0.3, 0.4) is 0 Å². The van der Waals surface area contributed by atoms with E-state index in [2.05, 4.69) is 20.7 Å². The molecule has 17 heavy (non-hydrogen) atoms. The molecule has 0 N–H and O–H groups in total. The van der Waals surface area contributed by atoms with Crippen molar-refractivity contribution in [2.75, 3.05) is 7.11 Å². The maximum atomic E-state index is 11.7. The summed E-state index contributed by atoms with van der Waals surface area (Å²) in [4.78, 5) is 11.3. The SMILES string of the molecule is COC(=O)c1ccc(CS(=O)C(C)C)c(Br)c1. The molecule has 0 aromatic heterocycles. The van der Waals surface area contributed by atoms with E-state index >= 15 is 0 Å². The van der Waals surface area contributed by atoms with E-state index in [0.717, 1.165) is 10.0 Å². The van der Waals surface area contributed by atoms with E-state index in [1.54, 1.807) is 18.2 Å². The predicted octanol–water partition coefficient (Wildman–Crippen LogP) is 2.89. The standard InChI is InChI=1S/C12H15BrO3S/c1-8(2)17(15)7-10-5-4-9(6-11(10)13)12(14)16-3/h4-6,8H,7H2,1-3H3. The van der Waals surface area contributed by atoms with Crippen molar-refractivity contribution in [3.63, 3.8) is 0 Å². The van der Waals surface area contributed by atoms with Crippen LogP contribution in [0.25, 0.3) is 0 Å². The smallest absolute Gasteiger partial charge is 0.337 e. The molecule has 1 rings (SSSR count). The fourth-order valence-electron chi connectivity index (χ4n) is 1.23. The zero-order chi connectivity index (χ0) is 13.0. The predicted molar refractivity (Wildman–Crippen MR) is 72.5 cm³/mol. The highest BCUT2D eigenvalue weighted by molar-refractivity contribution is 9.10. The summed E-state index contributed by atoms with van der Waals surface area (Å²) in [5, 5.41) is 0.127. The topological polar surface area (TPSA) is 43.4 Å². The molecule has 94 valence electrons. The molecule has 1 unspecified atom stereocenters. The third kappa shape index (κ3) is 3.92. The van der Waals surface area contributed by atoms with E-state index in [-0.39, 0.29) is 11.2 Å². The van der Waals surface area contributed by atoms with Crippen LogP contribution in [0.1, 0.15) is 29.8 Å². The van der Waals surface area contributed by atoms with Gasteiger partial charge in [0.1, 0.15) is 0 Å². The zero-order valence-corrected chi connectivity index (χ0v) is 12.4. The Balaban J connectivity index is 2.90. The second-order valence-electron chi connectivity index (χ2n) is 3.87. The van der Waals surface area contributed by atoms with Crippen molar-refractivity contribution in [2.24, 2.45) is 0 Å². The number of carbonyl (C=O) groups excluding carboxylic acids is 1. The Morgan fingerprint density at radius 3 is 2.59 bits per heavy atom. The summed E-state index contributed by atoms with van der Waals surface area (Å²) >= 11 is 3.38. The van der Waals surface area contributed by atoms with Crippen molar-refractivity contribution < 1.29 is 13.7 Å². The molecule has 1 aromatic carbocycles. The van der Waals surface area contributed by atoms with Gasteiger partial charge in [-0.25, -0.2) is 4.79 Å². The van der Waals surface area contributed by atoms with Crippen LogP contribution in [0.4, 0.5) is 0 Å². The first-order valence-electron chi connectivity index (χ1n) is 5.19. The number of hydrogen-bond donors (Lipinski definition) is 0. The lowest BCUT2D eigenvalue weighted by Crippen LogP contribution is -2.09. The van der Waals surface area contributed by atoms with Crippen molar-refractivity contribution in [3.8, 4) is 0 Å². The third-order valence-electron chi connectivity index (χ3n) is 2.30. The fourth-order valence-corrected chi connectivity index (χ4v) is 2.83. The third-order valence-corrected chi connectivity index (χ3v) is 4.68. The van der Waals surface area contributed by atoms with Crippen molar-refractivity contribution in [3.05, 3.63) is 33.8 Å². The molecule has 0 bridgehead atoms. The lowest BCUT2D eigenvalue weighted by molar-refractivity contribution is 0.0600. The maximum Gasteiger partial charge on any atom is 0.337 e. The Labute approximate surface area is 112 Å². The molecule has 0 radical (unpaired) electrons. The van der Waals surface area contributed by atoms with Crippen LogP contribution < -0.4 is 0 Å². The zero-order valence-electron chi connectivity index (χ0n) is 10.0. The number of hydrogen-bond acceptors (Lipinski definition) is 3. The van der Waals surface area contributed by atoms with E-state index in [9.17, 15) is 9.00 Å². The van der Waals surface area contributed by atoms with Crippen molar-refractivity contribution in [1.29, 1.82) is 0 Å². The minimum absolute atomic E-state index is 0.127. The summed E-state index contributed by atoms with van der Waals surface area (Å²) in [6.45, 7) is 3.85. The lowest BCUT2D eigenvalue weighted by Gasteiger charge is -2.08. The average molecular weight is 319 g/mol. The van der Waals surface area contributed by atoms with Crippen LogP contribution in [0.15, 0.2) is 22.7 Å². The van der Waals surface area contributed by atoms with Gasteiger partial charge in [0, 0.05) is 26.3 Å². The molecule has 1 aromatic rings. The molecular formula is C12H15BrO3S. The van der Waals surface area contributed by atoms with Gasteiger partial charge in [0.25, 0.3) is 0 Å². The van der Waals surface area contributed by atoms with Gasteiger partial charge in [-0.3, -0.25) is 4.21 Å². The molecule has 0 fully saturated rings. The molecule has 5 heteroatoms. The summed E-state index contributed by atoms with van der Waals surface area (Å²) < 4.78 is 17.2. The van der Waals surface area contributed by atoms with E-state index in [1.807, 2.05) is 13.8 Å². The second kappa shape index (κ2) is 6.31. The van der Waals surface area contributed by atoms with Crippen LogP contribution in [0.2, 0.25) is 0 Å². The summed E-state index contributed by atoms with van der Waals surface area (Å²) in [5.41, 5.74) is 1.42. The molecule has 0 aliphatic heterocycles. The van der Waals surface area contributed by atoms with Gasteiger partial charge in [0.05, 0.1) is 12.7 Å². The Kier molecular flexibility index (Phi) is 5.33. The highest BCUT2D eigenvalue weighted by Gasteiger charge is 2.12. The summed E-state index contributed by atoms with van der Waals surface area (Å²) in [7, 11) is 0.447. The Morgan fingerprint density at radius 1 is 1.47 bits per heavy atom. The number of carbonyl (C=O) groups is 1. The molecule has 0 aliphatic carbocycles. The van der Waals surface area contributed by atoms with Gasteiger partial charge < -0.3 is 4.74 Å². The number of ether oxygens (including phenoxy) is 1. The van der Waals surface area contributed by atoms with Gasteiger partial charge in [0.15, 0.2) is 0 Å². The maximum absolute atomic E-state index is 11.7. The number of benzene rings is 1. The molecule has 0 amide bonds. The van der Waals surface area contributed by atoms with Crippen molar-refractivity contribution in [2.45, 2.75) is 24.9 Å². The first-order valence-corrected chi connectivity index (χ1v) is 7.37. The van der Waals surface area contributed by atoms with Crippen molar-refractivity contribution in [1.82, 2.24) is 0 Å². The molecular weight excluding hydrogens is 304 g/mol. The largest absolute Gasteiger partial charge is 0.465 e. The van der Waals surface area contributed by atoms with Gasteiger partial charge in [-0.05, 0) is 17.7 Å². The molecule has 0 aliphatic rings. The molecule has 3 nitrogen and oxygen atoms in total. The molecule has 0 saturated heterocycles. The normalized spacial score (nSPS) is 12.5. The van der Waals surface area contributed by atoms with Crippen LogP contribution in [-0.4, -0.2) is 22.5 Å². The molecule has 0 saturated carbocycles. The quantitative estimate of drug-likeness (QED) is 0.802. The van der Waals surface area contributed by atoms with Crippen LogP contribution >= 0.6 is 15.9 Å². The van der Waals surface area contributed by atoms with Gasteiger partial charge in [-0.15, -0.1) is 0 Å². The van der Waals surface area contributed by atoms with Crippen molar-refractivity contribution >= 4 is 32.7 Å². The first kappa shape index (κ1) is 14.4. The van der Waals surface area contributed by atoms with Gasteiger partial charge >= 0.3 is 5.97 Å². The van der Waals surface area contributed by atoms with E-state index in [4.69, 9.17) is 0 Å². The number of rotatable bonds is 4.